The molecule has 0 amide bonds. The summed E-state index contributed by atoms with van der Waals surface area (Å²) < 4.78 is 39.5. The first-order valence-electron chi connectivity index (χ1n) is 7.54. The third-order valence-electron chi connectivity index (χ3n) is 4.04. The lowest BCUT2D eigenvalue weighted by molar-refractivity contribution is -0.131. The minimum Gasteiger partial charge on any atom is -0.493 e. The van der Waals surface area contributed by atoms with Crippen LogP contribution in [0, 0.1) is 5.92 Å². The molecule has 1 aromatic rings. The topological polar surface area (TPSA) is 78.9 Å². The van der Waals surface area contributed by atoms with Crippen LogP contribution >= 0.6 is 15.9 Å². The van der Waals surface area contributed by atoms with Crippen LogP contribution in [0.5, 0.6) is 5.75 Å². The van der Waals surface area contributed by atoms with Gasteiger partial charge in [-0.3, -0.25) is 8.98 Å². The van der Waals surface area contributed by atoms with Gasteiger partial charge < -0.3 is 9.47 Å². The van der Waals surface area contributed by atoms with E-state index in [1.807, 2.05) is 18.2 Å². The van der Waals surface area contributed by atoms with Crippen LogP contribution in [0.4, 0.5) is 0 Å². The monoisotopic (exact) mass is 416 g/mol. The van der Waals surface area contributed by atoms with Crippen molar-refractivity contribution in [2.75, 3.05) is 6.26 Å². The molecular formula is C16H17BrO6S. The molecule has 0 radical (unpaired) electrons. The summed E-state index contributed by atoms with van der Waals surface area (Å²) in [6.45, 7) is 0. The lowest BCUT2D eigenvalue weighted by Gasteiger charge is -2.36. The molecule has 6 nitrogen and oxygen atoms in total. The lowest BCUT2D eigenvalue weighted by atomic mass is 9.80. The fraction of sp³-hybridized carbons (Fsp3) is 0.438. The van der Waals surface area contributed by atoms with E-state index in [1.165, 1.54) is 6.26 Å². The molecular weight excluding hydrogens is 400 g/mol. The summed E-state index contributed by atoms with van der Waals surface area (Å²) in [5.41, 5.74) is 0. The Kier molecular flexibility index (Phi) is 4.98. The molecule has 3 unspecified atom stereocenters. The second-order valence-corrected chi connectivity index (χ2v) is 8.35. The van der Waals surface area contributed by atoms with E-state index >= 15 is 0 Å². The first kappa shape index (κ1) is 17.4. The van der Waals surface area contributed by atoms with Crippen LogP contribution in [0.25, 0.3) is 0 Å². The summed E-state index contributed by atoms with van der Waals surface area (Å²) in [4.78, 5) is 12.6. The van der Waals surface area contributed by atoms with Gasteiger partial charge in [0.2, 0.25) is 11.5 Å². The fourth-order valence-corrected chi connectivity index (χ4v) is 4.02. The van der Waals surface area contributed by atoms with E-state index in [0.717, 1.165) is 10.7 Å². The number of rotatable bonds is 4. The highest BCUT2D eigenvalue weighted by atomic mass is 79.9. The van der Waals surface area contributed by atoms with E-state index in [9.17, 15) is 13.2 Å². The van der Waals surface area contributed by atoms with Gasteiger partial charge in [0.1, 0.15) is 18.1 Å². The molecule has 0 N–H and O–H groups in total. The normalized spacial score (nSPS) is 27.0. The number of benzene rings is 1. The molecule has 0 aromatic heterocycles. The van der Waals surface area contributed by atoms with Crippen LogP contribution in [-0.2, 0) is 23.8 Å². The molecule has 1 aliphatic heterocycles. The van der Waals surface area contributed by atoms with Crippen LogP contribution < -0.4 is 4.74 Å². The van der Waals surface area contributed by atoms with Crippen LogP contribution in [0.3, 0.4) is 0 Å². The number of ether oxygens (including phenoxy) is 2. The molecule has 8 heteroatoms. The van der Waals surface area contributed by atoms with Crippen molar-refractivity contribution in [1.82, 2.24) is 0 Å². The molecule has 2 aliphatic rings. The van der Waals surface area contributed by atoms with Crippen molar-refractivity contribution in [2.45, 2.75) is 31.5 Å². The second-order valence-electron chi connectivity index (χ2n) is 5.90. The van der Waals surface area contributed by atoms with E-state index in [1.54, 1.807) is 6.07 Å². The lowest BCUT2D eigenvalue weighted by Crippen LogP contribution is -2.42. The number of Topliss-reactive ketones (excluding diaryl/α,β-unsaturated/α-hetero) is 1. The Morgan fingerprint density at radius 3 is 2.71 bits per heavy atom. The molecule has 130 valence electrons. The summed E-state index contributed by atoms with van der Waals surface area (Å²) >= 11 is 3.37. The molecule has 3 rings (SSSR count). The molecule has 24 heavy (non-hydrogen) atoms. The third-order valence-corrected chi connectivity index (χ3v) is 5.32. The van der Waals surface area contributed by atoms with Gasteiger partial charge in [0.15, 0.2) is 0 Å². The number of fused-ring (bicyclic) bond motifs is 1. The van der Waals surface area contributed by atoms with Crippen LogP contribution in [0.2, 0.25) is 0 Å². The Labute approximate surface area is 149 Å². The van der Waals surface area contributed by atoms with Crippen molar-refractivity contribution in [2.24, 2.45) is 5.92 Å². The number of hydrogen-bond donors (Lipinski definition) is 0. The maximum atomic E-state index is 12.6. The number of ketones is 1. The summed E-state index contributed by atoms with van der Waals surface area (Å²) in [7, 11) is -3.52. The molecule has 1 aromatic carbocycles. The number of halogens is 1. The first-order chi connectivity index (χ1) is 11.3. The number of carbonyl (C=O) groups excluding carboxylic acids is 1. The summed E-state index contributed by atoms with van der Waals surface area (Å²) in [5, 5.41) is 0. The Morgan fingerprint density at radius 2 is 2.00 bits per heavy atom. The van der Waals surface area contributed by atoms with E-state index in [-0.39, 0.29) is 23.6 Å². The van der Waals surface area contributed by atoms with Crippen LogP contribution in [0.15, 0.2) is 40.8 Å². The first-order valence-corrected chi connectivity index (χ1v) is 10.1. The second kappa shape index (κ2) is 6.85. The fourth-order valence-electron chi connectivity index (χ4n) is 2.99. The number of para-hydroxylation sites is 1. The summed E-state index contributed by atoms with van der Waals surface area (Å²) in [5.74, 6) is 0.227. The zero-order valence-corrected chi connectivity index (χ0v) is 15.4. The molecule has 0 bridgehead atoms. The standard InChI is InChI=1S/C16H17BrO6S/c1-24(19,20)23-10-6-7-11-14(8-10)21-9-15(16(11)18)22-13-5-3-2-4-12(13)17/h2-5,9-11,14H,6-8H2,1H3. The molecule has 1 fully saturated rings. The van der Waals surface area contributed by atoms with Crippen molar-refractivity contribution in [1.29, 1.82) is 0 Å². The van der Waals surface area contributed by atoms with Gasteiger partial charge in [0, 0.05) is 6.42 Å². The van der Waals surface area contributed by atoms with Gasteiger partial charge in [-0.2, -0.15) is 8.42 Å². The minimum atomic E-state index is -3.52. The minimum absolute atomic E-state index is 0.125. The van der Waals surface area contributed by atoms with Gasteiger partial charge in [-0.1, -0.05) is 12.1 Å². The molecule has 1 saturated carbocycles. The zero-order chi connectivity index (χ0) is 17.3. The van der Waals surface area contributed by atoms with Gasteiger partial charge in [0.05, 0.1) is 22.8 Å². The third kappa shape index (κ3) is 3.99. The maximum Gasteiger partial charge on any atom is 0.264 e. The Hall–Kier alpha value is -1.38. The largest absolute Gasteiger partial charge is 0.493 e. The Balaban J connectivity index is 1.70. The Bertz CT molecular complexity index is 773. The van der Waals surface area contributed by atoms with Gasteiger partial charge >= 0.3 is 0 Å². The highest BCUT2D eigenvalue weighted by Crippen LogP contribution is 2.36. The van der Waals surface area contributed by atoms with E-state index < -0.39 is 16.2 Å². The smallest absolute Gasteiger partial charge is 0.264 e. The summed E-state index contributed by atoms with van der Waals surface area (Å²) in [6.07, 6.45) is 2.85. The van der Waals surface area contributed by atoms with Gasteiger partial charge in [-0.25, -0.2) is 0 Å². The molecule has 0 saturated heterocycles. The van der Waals surface area contributed by atoms with E-state index in [4.69, 9.17) is 13.7 Å². The van der Waals surface area contributed by atoms with Crippen molar-refractivity contribution < 1.29 is 26.9 Å². The predicted molar refractivity (Wildman–Crippen MR) is 89.8 cm³/mol. The number of carbonyl (C=O) groups is 1. The molecule has 0 spiro atoms. The van der Waals surface area contributed by atoms with Gasteiger partial charge in [-0.05, 0) is 40.9 Å². The molecule has 1 aliphatic carbocycles. The van der Waals surface area contributed by atoms with Crippen molar-refractivity contribution >= 4 is 31.8 Å². The SMILES string of the molecule is CS(=O)(=O)OC1CCC2C(=O)C(Oc3ccccc3Br)=COC2C1. The average Bonchev–Trinajstić information content (AvgIpc) is 2.50. The van der Waals surface area contributed by atoms with Crippen molar-refractivity contribution in [3.05, 3.63) is 40.8 Å². The average molecular weight is 417 g/mol. The number of allylic oxidation sites excluding steroid dienone is 1. The van der Waals surface area contributed by atoms with Gasteiger partial charge in [-0.15, -0.1) is 0 Å². The molecule has 1 heterocycles. The molecule has 3 atom stereocenters. The summed E-state index contributed by atoms with van der Waals surface area (Å²) in [6, 6.07) is 7.23. The maximum absolute atomic E-state index is 12.6. The highest BCUT2D eigenvalue weighted by molar-refractivity contribution is 9.10. The quantitative estimate of drug-likeness (QED) is 0.702. The van der Waals surface area contributed by atoms with Crippen molar-refractivity contribution in [3.8, 4) is 5.75 Å². The van der Waals surface area contributed by atoms with E-state index in [2.05, 4.69) is 15.9 Å². The zero-order valence-electron chi connectivity index (χ0n) is 13.0. The predicted octanol–water partition coefficient (Wildman–Crippen LogP) is 2.78. The van der Waals surface area contributed by atoms with Crippen molar-refractivity contribution in [3.63, 3.8) is 0 Å². The van der Waals surface area contributed by atoms with Crippen LogP contribution in [-0.4, -0.2) is 32.7 Å². The van der Waals surface area contributed by atoms with E-state index in [0.29, 0.717) is 25.0 Å². The van der Waals surface area contributed by atoms with Crippen LogP contribution in [0.1, 0.15) is 19.3 Å². The van der Waals surface area contributed by atoms with Gasteiger partial charge in [0.25, 0.3) is 10.1 Å². The Morgan fingerprint density at radius 1 is 1.25 bits per heavy atom. The number of hydrogen-bond acceptors (Lipinski definition) is 6. The highest BCUT2D eigenvalue weighted by Gasteiger charge is 2.42.